The molecule has 1 fully saturated rings. The Labute approximate surface area is 189 Å². The summed E-state index contributed by atoms with van der Waals surface area (Å²) in [6.45, 7) is 1.67. The Balaban J connectivity index is 2.01. The molecule has 9 heteroatoms. The molecule has 4 rings (SSSR count). The van der Waals surface area contributed by atoms with Crippen LogP contribution in [0.5, 0.6) is 17.2 Å². The fourth-order valence-electron chi connectivity index (χ4n) is 3.86. The van der Waals surface area contributed by atoms with E-state index in [1.54, 1.807) is 55.5 Å². The van der Waals surface area contributed by atoms with Crippen LogP contribution in [0.2, 0.25) is 0 Å². The van der Waals surface area contributed by atoms with E-state index in [0.29, 0.717) is 34.1 Å². The maximum Gasteiger partial charge on any atom is 0.301 e. The highest BCUT2D eigenvalue weighted by Gasteiger charge is 2.48. The number of hydrogen-bond donors (Lipinski definition) is 1. The lowest BCUT2D eigenvalue weighted by molar-refractivity contribution is -0.132. The maximum absolute atomic E-state index is 13.2. The van der Waals surface area contributed by atoms with Crippen LogP contribution in [0.3, 0.4) is 0 Å². The zero-order valence-corrected chi connectivity index (χ0v) is 18.5. The smallest absolute Gasteiger partial charge is 0.301 e. The van der Waals surface area contributed by atoms with E-state index in [1.165, 1.54) is 26.2 Å². The van der Waals surface area contributed by atoms with Crippen LogP contribution in [-0.2, 0) is 9.59 Å². The van der Waals surface area contributed by atoms with E-state index in [9.17, 15) is 14.7 Å². The molecule has 0 spiro atoms. The normalized spacial score (nSPS) is 17.3. The number of methoxy groups -OCH3 is 3. The Morgan fingerprint density at radius 3 is 2.15 bits per heavy atom. The van der Waals surface area contributed by atoms with Gasteiger partial charge in [-0.3, -0.25) is 14.5 Å². The molecule has 0 saturated carbocycles. The molecule has 1 aromatic heterocycles. The number of aliphatic hydroxyl groups is 1. The Morgan fingerprint density at radius 2 is 1.64 bits per heavy atom. The molecule has 1 aliphatic heterocycles. The van der Waals surface area contributed by atoms with E-state index in [0.717, 1.165) is 0 Å². The number of carbonyl (C=O) groups excluding carboxylic acids is 2. The highest BCUT2D eigenvalue weighted by molar-refractivity contribution is 6.51. The van der Waals surface area contributed by atoms with Crippen LogP contribution in [0.15, 0.2) is 58.6 Å². The van der Waals surface area contributed by atoms with E-state index in [2.05, 4.69) is 5.16 Å². The minimum absolute atomic E-state index is 0.0962. The lowest BCUT2D eigenvalue weighted by Gasteiger charge is -2.24. The number of rotatable bonds is 6. The lowest BCUT2D eigenvalue weighted by Crippen LogP contribution is -2.29. The molecular weight excluding hydrogens is 428 g/mol. The van der Waals surface area contributed by atoms with Gasteiger partial charge in [-0.2, -0.15) is 0 Å². The summed E-state index contributed by atoms with van der Waals surface area (Å²) in [6, 6.07) is 12.3. The number of carbonyl (C=O) groups is 2. The molecule has 1 atom stereocenters. The van der Waals surface area contributed by atoms with Crippen LogP contribution in [0.1, 0.15) is 22.9 Å². The number of benzene rings is 2. The molecular formula is C24H22N2O7. The minimum Gasteiger partial charge on any atom is -0.507 e. The summed E-state index contributed by atoms with van der Waals surface area (Å²) in [7, 11) is 4.39. The van der Waals surface area contributed by atoms with Gasteiger partial charge >= 0.3 is 5.91 Å². The summed E-state index contributed by atoms with van der Waals surface area (Å²) >= 11 is 0. The quantitative estimate of drug-likeness (QED) is 0.344. The second-order valence-electron chi connectivity index (χ2n) is 7.29. The van der Waals surface area contributed by atoms with Crippen molar-refractivity contribution in [3.8, 4) is 17.2 Å². The van der Waals surface area contributed by atoms with Gasteiger partial charge in [0.15, 0.2) is 17.3 Å². The van der Waals surface area contributed by atoms with Crippen LogP contribution in [0, 0.1) is 6.92 Å². The molecule has 2 aromatic carbocycles. The predicted molar refractivity (Wildman–Crippen MR) is 119 cm³/mol. The number of anilines is 1. The number of ether oxygens (including phenoxy) is 3. The van der Waals surface area contributed by atoms with Gasteiger partial charge in [0.05, 0.1) is 32.9 Å². The number of aromatic nitrogens is 1. The van der Waals surface area contributed by atoms with Gasteiger partial charge in [0.25, 0.3) is 5.78 Å². The van der Waals surface area contributed by atoms with Crippen LogP contribution >= 0.6 is 0 Å². The molecule has 0 aliphatic carbocycles. The van der Waals surface area contributed by atoms with Crippen LogP contribution in [0.25, 0.3) is 5.76 Å². The predicted octanol–water partition coefficient (Wildman–Crippen LogP) is 3.64. The third-order valence-electron chi connectivity index (χ3n) is 5.36. The topological polar surface area (TPSA) is 111 Å². The zero-order valence-electron chi connectivity index (χ0n) is 18.5. The average Bonchev–Trinajstić information content (AvgIpc) is 3.38. The first-order valence-corrected chi connectivity index (χ1v) is 10.0. The van der Waals surface area contributed by atoms with Gasteiger partial charge in [0.2, 0.25) is 5.75 Å². The number of amides is 1. The van der Waals surface area contributed by atoms with E-state index in [1.807, 2.05) is 0 Å². The fourth-order valence-corrected chi connectivity index (χ4v) is 3.86. The van der Waals surface area contributed by atoms with Gasteiger partial charge < -0.3 is 23.8 Å². The van der Waals surface area contributed by atoms with Gasteiger partial charge in [-0.1, -0.05) is 35.5 Å². The van der Waals surface area contributed by atoms with Crippen molar-refractivity contribution in [1.29, 1.82) is 0 Å². The summed E-state index contributed by atoms with van der Waals surface area (Å²) in [5, 5.41) is 15.0. The summed E-state index contributed by atoms with van der Waals surface area (Å²) < 4.78 is 21.4. The Hall–Kier alpha value is -4.27. The molecule has 1 amide bonds. The van der Waals surface area contributed by atoms with Crippen LogP contribution in [-0.4, -0.2) is 43.3 Å². The molecule has 33 heavy (non-hydrogen) atoms. The maximum atomic E-state index is 13.2. The van der Waals surface area contributed by atoms with Crippen LogP contribution in [0.4, 0.5) is 5.82 Å². The average molecular weight is 450 g/mol. The Kier molecular flexibility index (Phi) is 5.78. The van der Waals surface area contributed by atoms with Gasteiger partial charge in [0, 0.05) is 11.6 Å². The first-order chi connectivity index (χ1) is 15.9. The third-order valence-corrected chi connectivity index (χ3v) is 5.36. The van der Waals surface area contributed by atoms with Crippen molar-refractivity contribution in [3.63, 3.8) is 0 Å². The van der Waals surface area contributed by atoms with Gasteiger partial charge in [-0.05, 0) is 24.6 Å². The van der Waals surface area contributed by atoms with E-state index < -0.39 is 17.7 Å². The van der Waals surface area contributed by atoms with Crippen molar-refractivity contribution in [1.82, 2.24) is 5.16 Å². The van der Waals surface area contributed by atoms with Crippen molar-refractivity contribution >= 4 is 23.3 Å². The first-order valence-electron chi connectivity index (χ1n) is 10.0. The van der Waals surface area contributed by atoms with Crippen molar-refractivity contribution in [2.24, 2.45) is 0 Å². The standard InChI is InChI=1S/C24H22N2O7/c1-13-10-18(25-33-13)26-20(15-11-16(30-2)23(32-4)17(12-15)31-3)19(22(28)24(26)29)21(27)14-8-6-5-7-9-14/h5-12,20,27H,1-4H3/t20-/m1/s1. The number of ketones is 1. The molecule has 2 heterocycles. The number of aliphatic hydroxyl groups excluding tert-OH is 1. The molecule has 0 unspecified atom stereocenters. The summed E-state index contributed by atoms with van der Waals surface area (Å²) in [5.74, 6) is -0.409. The number of hydrogen-bond acceptors (Lipinski definition) is 8. The first kappa shape index (κ1) is 21.9. The van der Waals surface area contributed by atoms with E-state index in [-0.39, 0.29) is 17.2 Å². The van der Waals surface area contributed by atoms with Gasteiger partial charge in [0.1, 0.15) is 11.5 Å². The molecule has 1 aliphatic rings. The lowest BCUT2D eigenvalue weighted by atomic mass is 9.94. The largest absolute Gasteiger partial charge is 0.507 e. The third kappa shape index (κ3) is 3.67. The van der Waals surface area contributed by atoms with Crippen molar-refractivity contribution in [2.75, 3.05) is 26.2 Å². The number of aryl methyl sites for hydroxylation is 1. The van der Waals surface area contributed by atoms with E-state index in [4.69, 9.17) is 18.7 Å². The second-order valence-corrected chi connectivity index (χ2v) is 7.29. The zero-order chi connectivity index (χ0) is 23.7. The Bertz CT molecular complexity index is 1220. The van der Waals surface area contributed by atoms with Gasteiger partial charge in [-0.25, -0.2) is 0 Å². The summed E-state index contributed by atoms with van der Waals surface area (Å²) in [6.07, 6.45) is 0. The van der Waals surface area contributed by atoms with Crippen molar-refractivity contribution in [2.45, 2.75) is 13.0 Å². The minimum atomic E-state index is -1.02. The van der Waals surface area contributed by atoms with Crippen LogP contribution < -0.4 is 19.1 Å². The van der Waals surface area contributed by atoms with E-state index >= 15 is 0 Å². The molecule has 0 bridgehead atoms. The SMILES string of the molecule is COc1cc([C@@H]2C(=C(O)c3ccccc3)C(=O)C(=O)N2c2cc(C)on2)cc(OC)c1OC. The van der Waals surface area contributed by atoms with Crippen molar-refractivity contribution < 1.29 is 33.4 Å². The van der Waals surface area contributed by atoms with Crippen molar-refractivity contribution in [3.05, 3.63) is 71.0 Å². The molecule has 1 saturated heterocycles. The number of nitrogens with zero attached hydrogens (tertiary/aromatic N) is 2. The monoisotopic (exact) mass is 450 g/mol. The summed E-state index contributed by atoms with van der Waals surface area (Å²) in [5.41, 5.74) is 0.743. The molecule has 3 aromatic rings. The fraction of sp³-hybridized carbons (Fsp3) is 0.208. The molecule has 170 valence electrons. The summed E-state index contributed by atoms with van der Waals surface area (Å²) in [4.78, 5) is 27.5. The molecule has 0 radical (unpaired) electrons. The van der Waals surface area contributed by atoms with Gasteiger partial charge in [-0.15, -0.1) is 0 Å². The number of Topliss-reactive ketones (excluding diaryl/α,β-unsaturated/α-hetero) is 1. The second kappa shape index (κ2) is 8.70. The molecule has 9 nitrogen and oxygen atoms in total. The molecule has 1 N–H and O–H groups in total. The highest BCUT2D eigenvalue weighted by Crippen LogP contribution is 2.46. The highest BCUT2D eigenvalue weighted by atomic mass is 16.5. The Morgan fingerprint density at radius 1 is 1.00 bits per heavy atom.